The van der Waals surface area contributed by atoms with E-state index in [1.165, 1.54) is 17.0 Å². The Balaban J connectivity index is 1.91. The molecule has 2 fully saturated rings. The number of phenolic OH excluding ortho intramolecular Hbond substituents is 1. The molecule has 2 aliphatic heterocycles. The second-order valence-corrected chi connectivity index (χ2v) is 9.24. The van der Waals surface area contributed by atoms with Crippen molar-refractivity contribution in [1.29, 1.82) is 0 Å². The number of nitrogens with zero attached hydrogens (tertiary/aromatic N) is 3. The molecule has 0 aromatic heterocycles. The van der Waals surface area contributed by atoms with E-state index in [2.05, 4.69) is 0 Å². The normalized spacial score (nSPS) is 24.3. The first kappa shape index (κ1) is 18.5. The van der Waals surface area contributed by atoms with Crippen LogP contribution in [0.1, 0.15) is 15.9 Å². The van der Waals surface area contributed by atoms with Gasteiger partial charge in [0.25, 0.3) is 5.91 Å². The lowest BCUT2D eigenvalue weighted by Gasteiger charge is -2.44. The molecule has 3 amide bonds. The smallest absolute Gasteiger partial charge is 0.319 e. The molecule has 1 aromatic carbocycles. The summed E-state index contributed by atoms with van der Waals surface area (Å²) >= 11 is 0. The number of rotatable bonds is 1. The van der Waals surface area contributed by atoms with Crippen molar-refractivity contribution in [3.63, 3.8) is 0 Å². The molecule has 9 heteroatoms. The summed E-state index contributed by atoms with van der Waals surface area (Å²) in [7, 11) is -0.0857. The van der Waals surface area contributed by atoms with Gasteiger partial charge < -0.3 is 19.8 Å². The monoisotopic (exact) mass is 381 g/mol. The van der Waals surface area contributed by atoms with Crippen molar-refractivity contribution in [2.75, 3.05) is 38.7 Å². The van der Waals surface area contributed by atoms with Crippen LogP contribution in [-0.2, 0) is 9.84 Å². The van der Waals surface area contributed by atoms with E-state index in [1.807, 2.05) is 0 Å². The van der Waals surface area contributed by atoms with Crippen LogP contribution >= 0.6 is 0 Å². The quantitative estimate of drug-likeness (QED) is 0.755. The van der Waals surface area contributed by atoms with Gasteiger partial charge >= 0.3 is 6.03 Å². The van der Waals surface area contributed by atoms with E-state index in [0.29, 0.717) is 11.1 Å². The Bertz CT molecular complexity index is 852. The van der Waals surface area contributed by atoms with E-state index in [1.54, 1.807) is 36.9 Å². The number of hydrogen-bond acceptors (Lipinski definition) is 5. The van der Waals surface area contributed by atoms with E-state index in [4.69, 9.17) is 0 Å². The molecule has 142 valence electrons. The van der Waals surface area contributed by atoms with Crippen LogP contribution in [0.15, 0.2) is 18.2 Å². The van der Waals surface area contributed by atoms with Gasteiger partial charge in [-0.2, -0.15) is 0 Å². The molecule has 2 saturated heterocycles. The molecule has 8 nitrogen and oxygen atoms in total. The fourth-order valence-electron chi connectivity index (χ4n) is 3.65. The molecule has 2 atom stereocenters. The first-order chi connectivity index (χ1) is 12.1. The summed E-state index contributed by atoms with van der Waals surface area (Å²) < 4.78 is 24.4. The highest BCUT2D eigenvalue weighted by Gasteiger charge is 2.49. The summed E-state index contributed by atoms with van der Waals surface area (Å²) in [5.41, 5.74) is 0.976. The lowest BCUT2D eigenvalue weighted by molar-refractivity contribution is 0.0393. The van der Waals surface area contributed by atoms with Crippen LogP contribution < -0.4 is 0 Å². The summed E-state index contributed by atoms with van der Waals surface area (Å²) in [6, 6.07) is 3.24. The third kappa shape index (κ3) is 3.23. The number of aromatic hydroxyl groups is 1. The van der Waals surface area contributed by atoms with Crippen molar-refractivity contribution in [2.24, 2.45) is 0 Å². The number of amides is 3. The molecule has 1 N–H and O–H groups in total. The predicted octanol–water partition coefficient (Wildman–Crippen LogP) is 0.306. The average molecular weight is 381 g/mol. The molecule has 2 heterocycles. The second-order valence-electron chi connectivity index (χ2n) is 7.08. The molecule has 3 rings (SSSR count). The predicted molar refractivity (Wildman–Crippen MR) is 95.9 cm³/mol. The van der Waals surface area contributed by atoms with Crippen LogP contribution in [-0.4, -0.2) is 90.9 Å². The summed E-state index contributed by atoms with van der Waals surface area (Å²) in [4.78, 5) is 29.9. The number of phenols is 1. The van der Waals surface area contributed by atoms with E-state index in [9.17, 15) is 23.1 Å². The summed E-state index contributed by atoms with van der Waals surface area (Å²) in [6.07, 6.45) is 0. The highest BCUT2D eigenvalue weighted by Crippen LogP contribution is 2.29. The van der Waals surface area contributed by atoms with Gasteiger partial charge in [0.1, 0.15) is 5.75 Å². The van der Waals surface area contributed by atoms with Gasteiger partial charge in [0.2, 0.25) is 0 Å². The number of urea groups is 1. The van der Waals surface area contributed by atoms with Gasteiger partial charge in [-0.25, -0.2) is 13.2 Å². The number of aryl methyl sites for hydroxylation is 1. The largest absolute Gasteiger partial charge is 0.508 e. The molecule has 0 saturated carbocycles. The lowest BCUT2D eigenvalue weighted by Crippen LogP contribution is -2.63. The Morgan fingerprint density at radius 2 is 1.69 bits per heavy atom. The minimum Gasteiger partial charge on any atom is -0.508 e. The molecule has 0 unspecified atom stereocenters. The van der Waals surface area contributed by atoms with Crippen molar-refractivity contribution in [1.82, 2.24) is 14.7 Å². The molecule has 0 bridgehead atoms. The number of carbonyl (C=O) groups is 2. The Hall–Kier alpha value is -2.29. The molecule has 1 aromatic rings. The van der Waals surface area contributed by atoms with E-state index < -0.39 is 21.9 Å². The van der Waals surface area contributed by atoms with Gasteiger partial charge in [-0.05, 0) is 30.7 Å². The zero-order valence-electron chi connectivity index (χ0n) is 15.0. The number of sulfone groups is 1. The first-order valence-corrected chi connectivity index (χ1v) is 10.2. The van der Waals surface area contributed by atoms with Gasteiger partial charge in [-0.15, -0.1) is 0 Å². The van der Waals surface area contributed by atoms with Gasteiger partial charge in [0, 0.05) is 32.7 Å². The van der Waals surface area contributed by atoms with Gasteiger partial charge in [-0.1, -0.05) is 0 Å². The molecule has 0 aliphatic carbocycles. The van der Waals surface area contributed by atoms with E-state index in [0.717, 1.165) is 0 Å². The lowest BCUT2D eigenvalue weighted by atomic mass is 10.0. The molecule has 2 aliphatic rings. The SMILES string of the molecule is Cc1cc(C(=O)N2CCN(C(=O)N(C)C)[C@H]3CS(=O)(=O)C[C@H]32)ccc1O. The minimum atomic E-state index is -3.33. The Morgan fingerprint density at radius 1 is 1.12 bits per heavy atom. The number of fused-ring (bicyclic) bond motifs is 1. The van der Waals surface area contributed by atoms with Crippen LogP contribution in [0.5, 0.6) is 5.75 Å². The van der Waals surface area contributed by atoms with E-state index >= 15 is 0 Å². The fourth-order valence-corrected chi connectivity index (χ4v) is 5.63. The highest BCUT2D eigenvalue weighted by atomic mass is 32.2. The maximum absolute atomic E-state index is 13.0. The number of piperazine rings is 1. The molecular weight excluding hydrogens is 358 g/mol. The molecule has 0 spiro atoms. The average Bonchev–Trinajstić information content (AvgIpc) is 2.89. The third-order valence-electron chi connectivity index (χ3n) is 5.01. The second kappa shape index (κ2) is 6.46. The zero-order valence-corrected chi connectivity index (χ0v) is 15.9. The first-order valence-electron chi connectivity index (χ1n) is 8.39. The maximum atomic E-state index is 13.0. The standard InChI is InChI=1S/C17H23N3O5S/c1-11-8-12(4-5-15(11)21)16(22)19-6-7-20(17(23)18(2)3)14-10-26(24,25)9-13(14)19/h4-5,8,13-14,21H,6-7,9-10H2,1-3H3/t13-,14+/m1/s1. The van der Waals surface area contributed by atoms with Crippen LogP contribution in [0.2, 0.25) is 0 Å². The number of carbonyl (C=O) groups excluding carboxylic acids is 2. The maximum Gasteiger partial charge on any atom is 0.319 e. The third-order valence-corrected chi connectivity index (χ3v) is 6.71. The fraction of sp³-hybridized carbons (Fsp3) is 0.529. The number of benzene rings is 1. The summed E-state index contributed by atoms with van der Waals surface area (Å²) in [5, 5.41) is 9.65. The molecule has 0 radical (unpaired) electrons. The van der Waals surface area contributed by atoms with Crippen LogP contribution in [0.4, 0.5) is 4.79 Å². The Morgan fingerprint density at radius 3 is 2.27 bits per heavy atom. The Kier molecular flexibility index (Phi) is 4.60. The van der Waals surface area contributed by atoms with Crippen molar-refractivity contribution in [2.45, 2.75) is 19.0 Å². The zero-order chi connectivity index (χ0) is 19.2. The van der Waals surface area contributed by atoms with Crippen molar-refractivity contribution in [3.8, 4) is 5.75 Å². The summed E-state index contributed by atoms with van der Waals surface area (Å²) in [5.74, 6) is -0.450. The minimum absolute atomic E-state index is 0.101. The van der Waals surface area contributed by atoms with Crippen molar-refractivity contribution >= 4 is 21.8 Å². The van der Waals surface area contributed by atoms with Gasteiger partial charge in [0.05, 0.1) is 23.6 Å². The Labute approximate surface area is 152 Å². The number of hydrogen-bond donors (Lipinski definition) is 1. The van der Waals surface area contributed by atoms with Gasteiger partial charge in [-0.3, -0.25) is 4.79 Å². The highest BCUT2D eigenvalue weighted by molar-refractivity contribution is 7.91. The van der Waals surface area contributed by atoms with Crippen LogP contribution in [0.3, 0.4) is 0 Å². The van der Waals surface area contributed by atoms with Crippen molar-refractivity contribution < 1.29 is 23.1 Å². The molecular formula is C17H23N3O5S. The molecule has 26 heavy (non-hydrogen) atoms. The van der Waals surface area contributed by atoms with Crippen LogP contribution in [0.25, 0.3) is 0 Å². The van der Waals surface area contributed by atoms with E-state index in [-0.39, 0.29) is 42.3 Å². The summed E-state index contributed by atoms with van der Waals surface area (Å²) in [6.45, 7) is 2.26. The van der Waals surface area contributed by atoms with Crippen molar-refractivity contribution in [3.05, 3.63) is 29.3 Å². The topological polar surface area (TPSA) is 98.2 Å². The van der Waals surface area contributed by atoms with Crippen LogP contribution in [0, 0.1) is 6.92 Å². The van der Waals surface area contributed by atoms with Gasteiger partial charge in [0.15, 0.2) is 9.84 Å².